The van der Waals surface area contributed by atoms with Crippen LogP contribution in [0.2, 0.25) is 0 Å². The number of nitrogens with two attached hydrogens (primary N) is 1. The van der Waals surface area contributed by atoms with Crippen LogP contribution in [0.25, 0.3) is 0 Å². The number of anilines is 1. The lowest BCUT2D eigenvalue weighted by Gasteiger charge is -2.20. The van der Waals surface area contributed by atoms with E-state index < -0.39 is 0 Å². The number of hydrogen-bond acceptors (Lipinski definition) is 3. The maximum atomic E-state index is 7.48. The molecule has 0 atom stereocenters. The van der Waals surface area contributed by atoms with Gasteiger partial charge in [0.2, 0.25) is 0 Å². The fourth-order valence-corrected chi connectivity index (χ4v) is 1.35. The molecule has 0 unspecified atom stereocenters. The molecule has 4 nitrogen and oxygen atoms in total. The van der Waals surface area contributed by atoms with E-state index in [2.05, 4.69) is 0 Å². The molecule has 0 aliphatic heterocycles. The van der Waals surface area contributed by atoms with Crippen molar-refractivity contribution in [2.45, 2.75) is 6.92 Å². The Balaban J connectivity index is 3.22. The number of nitrogens with one attached hydrogen (secondary N) is 1. The van der Waals surface area contributed by atoms with Gasteiger partial charge < -0.3 is 15.4 Å². The smallest absolute Gasteiger partial charge is 0.124 e. The third-order valence-corrected chi connectivity index (χ3v) is 2.38. The largest absolute Gasteiger partial charge is 0.497 e. The third-order valence-electron chi connectivity index (χ3n) is 2.38. The Morgan fingerprint density at radius 1 is 1.53 bits per heavy atom. The minimum absolute atomic E-state index is 0.0768. The highest BCUT2D eigenvalue weighted by atomic mass is 16.5. The van der Waals surface area contributed by atoms with Crippen LogP contribution in [0.4, 0.5) is 5.69 Å². The maximum absolute atomic E-state index is 7.48. The second-order valence-corrected chi connectivity index (χ2v) is 3.31. The van der Waals surface area contributed by atoms with E-state index >= 15 is 0 Å². The van der Waals surface area contributed by atoms with Gasteiger partial charge in [-0.15, -0.1) is 0 Å². The molecule has 1 aromatic carbocycles. The predicted octanol–water partition coefficient (Wildman–Crippen LogP) is 1.44. The van der Waals surface area contributed by atoms with Crippen molar-refractivity contribution in [2.75, 3.05) is 25.6 Å². The van der Waals surface area contributed by atoms with Crippen LogP contribution in [-0.2, 0) is 0 Å². The van der Waals surface area contributed by atoms with Crippen molar-refractivity contribution in [3.8, 4) is 5.75 Å². The van der Waals surface area contributed by atoms with Crippen molar-refractivity contribution in [1.82, 2.24) is 0 Å². The summed E-state index contributed by atoms with van der Waals surface area (Å²) in [7, 11) is 3.58. The van der Waals surface area contributed by atoms with Crippen molar-refractivity contribution in [3.63, 3.8) is 0 Å². The van der Waals surface area contributed by atoms with Gasteiger partial charge in [-0.3, -0.25) is 5.41 Å². The van der Waals surface area contributed by atoms with Gasteiger partial charge in [0, 0.05) is 25.2 Å². The monoisotopic (exact) mass is 207 g/mol. The second kappa shape index (κ2) is 4.68. The fourth-order valence-electron chi connectivity index (χ4n) is 1.35. The Hall–Kier alpha value is -1.71. The Labute approximate surface area is 90.2 Å². The van der Waals surface area contributed by atoms with E-state index in [1.54, 1.807) is 7.11 Å². The van der Waals surface area contributed by atoms with Crippen molar-refractivity contribution in [3.05, 3.63) is 23.8 Å². The van der Waals surface area contributed by atoms with Gasteiger partial charge in [0.1, 0.15) is 11.6 Å². The minimum atomic E-state index is 0.0768. The molecule has 0 spiro atoms. The van der Waals surface area contributed by atoms with E-state index in [0.717, 1.165) is 23.5 Å². The van der Waals surface area contributed by atoms with Gasteiger partial charge in [0.15, 0.2) is 0 Å². The van der Waals surface area contributed by atoms with Gasteiger partial charge in [-0.1, -0.05) is 0 Å². The normalized spacial score (nSPS) is 9.80. The molecule has 0 saturated heterocycles. The van der Waals surface area contributed by atoms with E-state index in [1.165, 1.54) is 0 Å². The first kappa shape index (κ1) is 11.4. The first-order valence-corrected chi connectivity index (χ1v) is 4.83. The van der Waals surface area contributed by atoms with Crippen LogP contribution in [0.5, 0.6) is 5.75 Å². The summed E-state index contributed by atoms with van der Waals surface area (Å²) < 4.78 is 5.15. The number of amidine groups is 1. The average molecular weight is 207 g/mol. The molecule has 0 amide bonds. The van der Waals surface area contributed by atoms with E-state index in [-0.39, 0.29) is 5.84 Å². The van der Waals surface area contributed by atoms with Crippen LogP contribution < -0.4 is 15.4 Å². The van der Waals surface area contributed by atoms with Crippen molar-refractivity contribution < 1.29 is 4.74 Å². The summed E-state index contributed by atoms with van der Waals surface area (Å²) in [5.74, 6) is 0.850. The minimum Gasteiger partial charge on any atom is -0.497 e. The van der Waals surface area contributed by atoms with Gasteiger partial charge in [0.25, 0.3) is 0 Å². The second-order valence-electron chi connectivity index (χ2n) is 3.31. The molecule has 1 aromatic rings. The van der Waals surface area contributed by atoms with Gasteiger partial charge in [0.05, 0.1) is 12.8 Å². The van der Waals surface area contributed by atoms with Crippen LogP contribution in [0, 0.1) is 5.41 Å². The van der Waals surface area contributed by atoms with Gasteiger partial charge >= 0.3 is 0 Å². The summed E-state index contributed by atoms with van der Waals surface area (Å²) in [4.78, 5) is 2.03. The summed E-state index contributed by atoms with van der Waals surface area (Å²) >= 11 is 0. The molecule has 0 aliphatic carbocycles. The van der Waals surface area contributed by atoms with Crippen molar-refractivity contribution in [1.29, 1.82) is 5.41 Å². The number of rotatable bonds is 4. The molecule has 3 N–H and O–H groups in total. The van der Waals surface area contributed by atoms with E-state index in [9.17, 15) is 0 Å². The van der Waals surface area contributed by atoms with Crippen molar-refractivity contribution >= 4 is 11.5 Å². The fraction of sp³-hybridized carbons (Fsp3) is 0.364. The summed E-state index contributed by atoms with van der Waals surface area (Å²) in [6, 6.07) is 5.51. The molecule has 0 bridgehead atoms. The zero-order chi connectivity index (χ0) is 11.4. The number of methoxy groups -OCH3 is 1. The molecular weight excluding hydrogens is 190 g/mol. The van der Waals surface area contributed by atoms with E-state index in [4.69, 9.17) is 15.9 Å². The predicted molar refractivity (Wildman–Crippen MR) is 63.0 cm³/mol. The molecule has 82 valence electrons. The van der Waals surface area contributed by atoms with E-state index in [0.29, 0.717) is 0 Å². The Kier molecular flexibility index (Phi) is 3.55. The maximum Gasteiger partial charge on any atom is 0.124 e. The molecule has 0 radical (unpaired) electrons. The Morgan fingerprint density at radius 2 is 2.20 bits per heavy atom. The van der Waals surface area contributed by atoms with Crippen molar-refractivity contribution in [2.24, 2.45) is 5.73 Å². The first-order chi connectivity index (χ1) is 7.10. The number of nitrogen functional groups attached to an aromatic ring is 1. The molecule has 15 heavy (non-hydrogen) atoms. The molecule has 0 heterocycles. The van der Waals surface area contributed by atoms with Gasteiger partial charge in [-0.2, -0.15) is 0 Å². The number of benzene rings is 1. The van der Waals surface area contributed by atoms with E-state index in [1.807, 2.05) is 37.1 Å². The molecular formula is C11H17N3O. The van der Waals surface area contributed by atoms with Gasteiger partial charge in [-0.05, 0) is 19.1 Å². The Bertz CT molecular complexity index is 363. The van der Waals surface area contributed by atoms with Crippen LogP contribution in [0.3, 0.4) is 0 Å². The topological polar surface area (TPSA) is 62.3 Å². The lowest BCUT2D eigenvalue weighted by Crippen LogP contribution is -2.21. The number of ether oxygens (including phenoxy) is 1. The van der Waals surface area contributed by atoms with Crippen LogP contribution in [0.15, 0.2) is 18.2 Å². The lowest BCUT2D eigenvalue weighted by molar-refractivity contribution is 0.415. The zero-order valence-corrected chi connectivity index (χ0v) is 9.37. The van der Waals surface area contributed by atoms with Crippen LogP contribution in [0.1, 0.15) is 12.5 Å². The molecule has 0 aromatic heterocycles. The molecule has 0 fully saturated rings. The summed E-state index contributed by atoms with van der Waals surface area (Å²) in [5, 5.41) is 7.48. The summed E-state index contributed by atoms with van der Waals surface area (Å²) in [6.45, 7) is 2.90. The van der Waals surface area contributed by atoms with Crippen LogP contribution in [-0.4, -0.2) is 26.5 Å². The number of hydrogen-bond donors (Lipinski definition) is 2. The average Bonchev–Trinajstić information content (AvgIpc) is 2.26. The quantitative estimate of drug-likeness (QED) is 0.580. The molecule has 4 heteroatoms. The molecule has 1 rings (SSSR count). The Morgan fingerprint density at radius 3 is 2.67 bits per heavy atom. The summed E-state index contributed by atoms with van der Waals surface area (Å²) in [6.07, 6.45) is 0. The van der Waals surface area contributed by atoms with Gasteiger partial charge in [-0.25, -0.2) is 0 Å². The zero-order valence-electron chi connectivity index (χ0n) is 9.37. The molecule has 0 aliphatic rings. The standard InChI is InChI=1S/C11H17N3O/c1-4-14(2)10-7-8(15-3)5-6-9(10)11(12)13/h5-7H,4H2,1-3H3,(H3,12,13). The molecule has 0 saturated carbocycles. The lowest BCUT2D eigenvalue weighted by atomic mass is 10.1. The van der Waals surface area contributed by atoms with Crippen LogP contribution >= 0.6 is 0 Å². The highest BCUT2D eigenvalue weighted by Gasteiger charge is 2.09. The SMILES string of the molecule is CCN(C)c1cc(OC)ccc1C(=N)N. The highest BCUT2D eigenvalue weighted by Crippen LogP contribution is 2.24. The third kappa shape index (κ3) is 2.40. The number of nitrogens with zero attached hydrogens (tertiary/aromatic N) is 1. The first-order valence-electron chi connectivity index (χ1n) is 4.83. The summed E-state index contributed by atoms with van der Waals surface area (Å²) in [5.41, 5.74) is 7.17. The highest BCUT2D eigenvalue weighted by molar-refractivity contribution is 6.00.